The summed E-state index contributed by atoms with van der Waals surface area (Å²) >= 11 is 0. The number of hydrogen-bond donors (Lipinski definition) is 1. The number of pyridine rings is 1. The Labute approximate surface area is 134 Å². The Hall–Kier alpha value is -2.48. The van der Waals surface area contributed by atoms with E-state index >= 15 is 0 Å². The molecule has 0 bridgehead atoms. The molecule has 0 radical (unpaired) electrons. The second kappa shape index (κ2) is 6.74. The standard InChI is InChI=1S/C15H17N3O4S/c1-11-9-13(18(19)20)10-17-15(11)16-8-7-12-3-5-14(6-4-12)23(2,21)22/h3-6,9-10H,7-8H2,1-2H3,(H,16,17). The molecule has 0 unspecified atom stereocenters. The van der Waals surface area contributed by atoms with Crippen molar-refractivity contribution in [2.75, 3.05) is 18.1 Å². The first kappa shape index (κ1) is 16.9. The molecular formula is C15H17N3O4S. The van der Waals surface area contributed by atoms with Gasteiger partial charge in [0.05, 0.1) is 9.82 Å². The van der Waals surface area contributed by atoms with Crippen LogP contribution in [0.25, 0.3) is 0 Å². The maximum Gasteiger partial charge on any atom is 0.287 e. The molecule has 1 heterocycles. The van der Waals surface area contributed by atoms with Gasteiger partial charge in [-0.05, 0) is 36.6 Å². The van der Waals surface area contributed by atoms with E-state index < -0.39 is 14.8 Å². The topological polar surface area (TPSA) is 102 Å². The summed E-state index contributed by atoms with van der Waals surface area (Å²) in [6.45, 7) is 2.34. The summed E-state index contributed by atoms with van der Waals surface area (Å²) in [4.78, 5) is 14.5. The molecule has 0 fully saturated rings. The largest absolute Gasteiger partial charge is 0.370 e. The van der Waals surface area contributed by atoms with E-state index in [0.29, 0.717) is 29.2 Å². The first-order chi connectivity index (χ1) is 10.8. The minimum Gasteiger partial charge on any atom is -0.370 e. The summed E-state index contributed by atoms with van der Waals surface area (Å²) in [5.74, 6) is 0.600. The van der Waals surface area contributed by atoms with Crippen LogP contribution < -0.4 is 5.32 Å². The van der Waals surface area contributed by atoms with Gasteiger partial charge < -0.3 is 5.32 Å². The lowest BCUT2D eigenvalue weighted by Crippen LogP contribution is -2.08. The average Bonchev–Trinajstić information content (AvgIpc) is 2.48. The minimum absolute atomic E-state index is 0.0376. The zero-order chi connectivity index (χ0) is 17.0. The molecule has 2 rings (SSSR count). The van der Waals surface area contributed by atoms with E-state index in [4.69, 9.17) is 0 Å². The van der Waals surface area contributed by atoms with Crippen molar-refractivity contribution in [3.8, 4) is 0 Å². The third kappa shape index (κ3) is 4.49. The van der Waals surface area contributed by atoms with Crippen LogP contribution in [-0.2, 0) is 16.3 Å². The molecule has 1 N–H and O–H groups in total. The maximum atomic E-state index is 11.4. The fourth-order valence-electron chi connectivity index (χ4n) is 2.07. The summed E-state index contributed by atoms with van der Waals surface area (Å²) in [5.41, 5.74) is 1.65. The number of nitrogens with zero attached hydrogens (tertiary/aromatic N) is 2. The van der Waals surface area contributed by atoms with Crippen LogP contribution in [0.2, 0.25) is 0 Å². The van der Waals surface area contributed by atoms with E-state index in [0.717, 1.165) is 5.56 Å². The summed E-state index contributed by atoms with van der Waals surface area (Å²) in [7, 11) is -3.18. The van der Waals surface area contributed by atoms with Crippen LogP contribution in [0.15, 0.2) is 41.4 Å². The Morgan fingerprint density at radius 3 is 2.43 bits per heavy atom. The number of aryl methyl sites for hydroxylation is 1. The average molecular weight is 335 g/mol. The molecule has 0 aliphatic heterocycles. The van der Waals surface area contributed by atoms with Gasteiger partial charge in [0.15, 0.2) is 9.84 Å². The molecule has 0 atom stereocenters. The highest BCUT2D eigenvalue weighted by molar-refractivity contribution is 7.90. The summed E-state index contributed by atoms with van der Waals surface area (Å²) < 4.78 is 22.8. The molecule has 7 nitrogen and oxygen atoms in total. The van der Waals surface area contributed by atoms with Gasteiger partial charge >= 0.3 is 0 Å². The Bertz CT molecular complexity index is 817. The first-order valence-corrected chi connectivity index (χ1v) is 8.80. The molecule has 1 aromatic heterocycles. The van der Waals surface area contributed by atoms with Crippen molar-refractivity contribution in [1.29, 1.82) is 0 Å². The SMILES string of the molecule is Cc1cc([N+](=O)[O-])cnc1NCCc1ccc(S(C)(=O)=O)cc1. The third-order valence-corrected chi connectivity index (χ3v) is 4.46. The monoisotopic (exact) mass is 335 g/mol. The highest BCUT2D eigenvalue weighted by Gasteiger charge is 2.09. The van der Waals surface area contributed by atoms with E-state index in [1.165, 1.54) is 18.5 Å². The van der Waals surface area contributed by atoms with Crippen molar-refractivity contribution >= 4 is 21.3 Å². The van der Waals surface area contributed by atoms with Crippen molar-refractivity contribution in [3.63, 3.8) is 0 Å². The summed E-state index contributed by atoms with van der Waals surface area (Å²) in [6.07, 6.45) is 3.07. The van der Waals surface area contributed by atoms with E-state index in [2.05, 4.69) is 10.3 Å². The molecule has 0 spiro atoms. The smallest absolute Gasteiger partial charge is 0.287 e. The fourth-order valence-corrected chi connectivity index (χ4v) is 2.70. The normalized spacial score (nSPS) is 11.2. The Kier molecular flexibility index (Phi) is 4.95. The number of anilines is 1. The highest BCUT2D eigenvalue weighted by atomic mass is 32.2. The van der Waals surface area contributed by atoms with Gasteiger partial charge in [0, 0.05) is 18.9 Å². The van der Waals surface area contributed by atoms with Crippen molar-refractivity contribution in [2.24, 2.45) is 0 Å². The molecule has 23 heavy (non-hydrogen) atoms. The predicted molar refractivity (Wildman–Crippen MR) is 87.4 cm³/mol. The van der Waals surface area contributed by atoms with Crippen molar-refractivity contribution in [2.45, 2.75) is 18.2 Å². The van der Waals surface area contributed by atoms with Gasteiger partial charge in [-0.3, -0.25) is 10.1 Å². The van der Waals surface area contributed by atoms with Gasteiger partial charge in [0.2, 0.25) is 0 Å². The van der Waals surface area contributed by atoms with Gasteiger partial charge in [0.1, 0.15) is 12.0 Å². The van der Waals surface area contributed by atoms with E-state index in [9.17, 15) is 18.5 Å². The van der Waals surface area contributed by atoms with Crippen LogP contribution in [0.4, 0.5) is 11.5 Å². The lowest BCUT2D eigenvalue weighted by molar-refractivity contribution is -0.385. The minimum atomic E-state index is -3.18. The second-order valence-electron chi connectivity index (χ2n) is 5.21. The maximum absolute atomic E-state index is 11.4. The Morgan fingerprint density at radius 2 is 1.91 bits per heavy atom. The van der Waals surface area contributed by atoms with Crippen LogP contribution in [-0.4, -0.2) is 31.1 Å². The van der Waals surface area contributed by atoms with Crippen molar-refractivity contribution in [1.82, 2.24) is 4.98 Å². The van der Waals surface area contributed by atoms with Crippen LogP contribution in [0.5, 0.6) is 0 Å². The molecule has 1 aromatic carbocycles. The summed E-state index contributed by atoms with van der Waals surface area (Å²) in [5, 5.41) is 13.8. The van der Waals surface area contributed by atoms with Gasteiger partial charge in [-0.25, -0.2) is 13.4 Å². The number of aromatic nitrogens is 1. The molecule has 122 valence electrons. The molecule has 0 saturated heterocycles. The molecule has 0 aliphatic carbocycles. The lowest BCUT2D eigenvalue weighted by Gasteiger charge is -2.08. The summed E-state index contributed by atoms with van der Waals surface area (Å²) in [6, 6.07) is 8.18. The van der Waals surface area contributed by atoms with Crippen LogP contribution in [0, 0.1) is 17.0 Å². The number of nitrogens with one attached hydrogen (secondary N) is 1. The third-order valence-electron chi connectivity index (χ3n) is 3.33. The van der Waals surface area contributed by atoms with Gasteiger partial charge in [0.25, 0.3) is 5.69 Å². The molecule has 0 aliphatic rings. The Morgan fingerprint density at radius 1 is 1.26 bits per heavy atom. The van der Waals surface area contributed by atoms with Gasteiger partial charge in [-0.1, -0.05) is 12.1 Å². The number of benzene rings is 1. The second-order valence-corrected chi connectivity index (χ2v) is 7.22. The lowest BCUT2D eigenvalue weighted by atomic mass is 10.1. The van der Waals surface area contributed by atoms with Crippen LogP contribution in [0.1, 0.15) is 11.1 Å². The van der Waals surface area contributed by atoms with Crippen LogP contribution in [0.3, 0.4) is 0 Å². The number of nitro groups is 1. The first-order valence-electron chi connectivity index (χ1n) is 6.91. The van der Waals surface area contributed by atoms with E-state index in [-0.39, 0.29) is 5.69 Å². The van der Waals surface area contributed by atoms with Gasteiger partial charge in [-0.2, -0.15) is 0 Å². The molecule has 8 heteroatoms. The van der Waals surface area contributed by atoms with Crippen LogP contribution >= 0.6 is 0 Å². The zero-order valence-electron chi connectivity index (χ0n) is 12.8. The molecule has 0 amide bonds. The molecule has 2 aromatic rings. The molecular weight excluding hydrogens is 318 g/mol. The van der Waals surface area contributed by atoms with Crippen molar-refractivity contribution < 1.29 is 13.3 Å². The quantitative estimate of drug-likeness (QED) is 0.642. The fraction of sp³-hybridized carbons (Fsp3) is 0.267. The van der Waals surface area contributed by atoms with E-state index in [1.54, 1.807) is 31.2 Å². The number of rotatable bonds is 6. The molecule has 0 saturated carbocycles. The Balaban J connectivity index is 1.96. The number of hydrogen-bond acceptors (Lipinski definition) is 6. The van der Waals surface area contributed by atoms with E-state index in [1.807, 2.05) is 0 Å². The van der Waals surface area contributed by atoms with Gasteiger partial charge in [-0.15, -0.1) is 0 Å². The number of sulfone groups is 1. The zero-order valence-corrected chi connectivity index (χ0v) is 13.6. The predicted octanol–water partition coefficient (Wildman–Crippen LogP) is 2.36. The highest BCUT2D eigenvalue weighted by Crippen LogP contribution is 2.18. The van der Waals surface area contributed by atoms with Crippen molar-refractivity contribution in [3.05, 3.63) is 57.8 Å².